The first-order chi connectivity index (χ1) is 40.2. The van der Waals surface area contributed by atoms with Crippen LogP contribution < -0.4 is 0 Å². The van der Waals surface area contributed by atoms with Gasteiger partial charge < -0.3 is 9.13 Å². The lowest BCUT2D eigenvalue weighted by molar-refractivity contribution is -0.137. The van der Waals surface area contributed by atoms with Gasteiger partial charge in [0.25, 0.3) is 0 Å². The zero-order chi connectivity index (χ0) is 58.8. The van der Waals surface area contributed by atoms with Crippen LogP contribution in [0.4, 0.5) is 13.2 Å². The van der Waals surface area contributed by atoms with Gasteiger partial charge in [0, 0.05) is 32.7 Å². The molecule has 0 bridgehead atoms. The molecule has 0 N–H and O–H groups in total. The number of hydrogen-bond acceptors (Lipinski definition) is 1. The van der Waals surface area contributed by atoms with Gasteiger partial charge in [0.1, 0.15) is 5.56 Å². The molecule has 13 aromatic rings. The molecule has 0 spiro atoms. The molecule has 6 heteroatoms. The van der Waals surface area contributed by atoms with Gasteiger partial charge in [-0.15, -0.1) is 0 Å². The second-order valence-corrected chi connectivity index (χ2v) is 23.9. The fourth-order valence-electron chi connectivity index (χ4n) is 14.5. The Balaban J connectivity index is 1.23. The van der Waals surface area contributed by atoms with Crippen LogP contribution in [0.25, 0.3) is 122 Å². The predicted octanol–water partition coefficient (Wildman–Crippen LogP) is 22.0. The van der Waals surface area contributed by atoms with Gasteiger partial charge in [-0.3, -0.25) is 0 Å². The van der Waals surface area contributed by atoms with Gasteiger partial charge in [-0.2, -0.15) is 13.2 Å². The van der Waals surface area contributed by atoms with Crippen molar-refractivity contribution in [2.75, 3.05) is 0 Å². The smallest absolute Gasteiger partial charge is 0.308 e. The van der Waals surface area contributed by atoms with E-state index in [0.29, 0.717) is 39.0 Å². The standard InChI is InChI=1S/C78H66F3N3/c1-43-29-47(5)73(48(6)30-43)56-21-25-61-62-26-22-57(74-49(7)31-44(2)32-50(74)8)38-68(62)83(67(61)37-56)71-41-60(66-20-16-19-65(82-66)55-17-14-13-15-18-55)42-72(77(71)78(79,80)81)84-69-39-58(75-51(9)33-45(3)34-52(75)10)23-27-63(69)64-28-24-59(40-70(64)84)76-53(11)35-46(4)36-54(76)12/h13-42H,1-12H3. The Bertz CT molecular complexity index is 4310. The van der Waals surface area contributed by atoms with E-state index in [1.54, 1.807) is 12.1 Å². The molecule has 0 aliphatic rings. The fraction of sp³-hybridized carbons (Fsp3) is 0.167. The number of aromatic nitrogens is 3. The van der Waals surface area contributed by atoms with Crippen LogP contribution in [-0.4, -0.2) is 14.1 Å². The lowest BCUT2D eigenvalue weighted by Crippen LogP contribution is -2.16. The summed E-state index contributed by atoms with van der Waals surface area (Å²) in [6.07, 6.45) is -4.90. The van der Waals surface area contributed by atoms with Crippen molar-refractivity contribution in [1.29, 1.82) is 0 Å². The van der Waals surface area contributed by atoms with Crippen molar-refractivity contribution < 1.29 is 13.2 Å². The van der Waals surface area contributed by atoms with Crippen LogP contribution in [0.1, 0.15) is 72.3 Å². The quantitative estimate of drug-likeness (QED) is 0.149. The minimum absolute atomic E-state index is 0.00340. The van der Waals surface area contributed by atoms with Gasteiger partial charge in [0.15, 0.2) is 0 Å². The highest BCUT2D eigenvalue weighted by Crippen LogP contribution is 2.49. The molecule has 0 aliphatic heterocycles. The van der Waals surface area contributed by atoms with Crippen molar-refractivity contribution >= 4 is 43.6 Å². The fourth-order valence-corrected chi connectivity index (χ4v) is 14.5. The van der Waals surface area contributed by atoms with Crippen LogP contribution in [0.2, 0.25) is 0 Å². The third-order valence-corrected chi connectivity index (χ3v) is 17.4. The molecular weight excluding hydrogens is 1040 g/mol. The van der Waals surface area contributed by atoms with Crippen LogP contribution >= 0.6 is 0 Å². The Kier molecular flexibility index (Phi) is 13.0. The van der Waals surface area contributed by atoms with Crippen molar-refractivity contribution in [3.63, 3.8) is 0 Å². The number of aryl methyl sites for hydroxylation is 12. The molecule has 3 nitrogen and oxygen atoms in total. The number of fused-ring (bicyclic) bond motifs is 6. The number of benzene rings is 10. The molecule has 0 saturated carbocycles. The zero-order valence-electron chi connectivity index (χ0n) is 49.8. The summed E-state index contributed by atoms with van der Waals surface area (Å²) in [6.45, 7) is 25.3. The van der Waals surface area contributed by atoms with Crippen LogP contribution in [0.15, 0.2) is 182 Å². The third kappa shape index (κ3) is 9.11. The van der Waals surface area contributed by atoms with E-state index in [4.69, 9.17) is 4.98 Å². The summed E-state index contributed by atoms with van der Waals surface area (Å²) < 4.78 is 57.3. The highest BCUT2D eigenvalue weighted by atomic mass is 19.4. The Morgan fingerprint density at radius 2 is 0.571 bits per heavy atom. The van der Waals surface area contributed by atoms with Gasteiger partial charge in [0.2, 0.25) is 0 Å². The summed E-state index contributed by atoms with van der Waals surface area (Å²) in [4.78, 5) is 5.32. The normalized spacial score (nSPS) is 12.0. The number of halogens is 3. The number of rotatable bonds is 8. The summed E-state index contributed by atoms with van der Waals surface area (Å²) in [7, 11) is 0. The number of pyridine rings is 1. The van der Waals surface area contributed by atoms with Crippen LogP contribution in [0.3, 0.4) is 0 Å². The van der Waals surface area contributed by atoms with Gasteiger partial charge in [-0.25, -0.2) is 4.98 Å². The average molecular weight is 1100 g/mol. The van der Waals surface area contributed by atoms with Crippen molar-refractivity contribution in [2.24, 2.45) is 0 Å². The maximum absolute atomic E-state index is 17.8. The molecule has 414 valence electrons. The molecule has 0 saturated heterocycles. The summed E-state index contributed by atoms with van der Waals surface area (Å²) in [5, 5.41) is 3.40. The summed E-state index contributed by atoms with van der Waals surface area (Å²) in [5.41, 5.74) is 26.0. The number of nitrogens with zero attached hydrogens (tertiary/aromatic N) is 3. The Labute approximate surface area is 490 Å². The molecule has 13 rings (SSSR count). The molecule has 10 aromatic carbocycles. The highest BCUT2D eigenvalue weighted by Gasteiger charge is 2.40. The Morgan fingerprint density at radius 1 is 0.286 bits per heavy atom. The van der Waals surface area contributed by atoms with E-state index < -0.39 is 11.7 Å². The maximum Gasteiger partial charge on any atom is 0.420 e. The molecule has 0 aliphatic carbocycles. The van der Waals surface area contributed by atoms with E-state index in [1.807, 2.05) is 57.7 Å². The molecule has 0 amide bonds. The predicted molar refractivity (Wildman–Crippen MR) is 347 cm³/mol. The Morgan fingerprint density at radius 3 is 0.857 bits per heavy atom. The van der Waals surface area contributed by atoms with Crippen molar-refractivity contribution in [3.05, 3.63) is 254 Å². The molecular formula is C78H66F3N3. The van der Waals surface area contributed by atoms with Crippen LogP contribution in [-0.2, 0) is 6.18 Å². The van der Waals surface area contributed by atoms with E-state index in [1.165, 1.54) is 0 Å². The summed E-state index contributed by atoms with van der Waals surface area (Å²) in [5.74, 6) is 0. The van der Waals surface area contributed by atoms with E-state index in [-0.39, 0.29) is 11.4 Å². The van der Waals surface area contributed by atoms with Crippen molar-refractivity contribution in [1.82, 2.24) is 14.1 Å². The summed E-state index contributed by atoms with van der Waals surface area (Å²) >= 11 is 0. The largest absolute Gasteiger partial charge is 0.420 e. The second kappa shape index (κ2) is 20.3. The van der Waals surface area contributed by atoms with Gasteiger partial charge in [-0.1, -0.05) is 156 Å². The van der Waals surface area contributed by atoms with Crippen molar-refractivity contribution in [2.45, 2.75) is 89.3 Å². The molecule has 3 aromatic heterocycles. The van der Waals surface area contributed by atoms with E-state index in [2.05, 4.69) is 204 Å². The Hall–Kier alpha value is -9.26. The van der Waals surface area contributed by atoms with E-state index >= 15 is 13.2 Å². The van der Waals surface area contributed by atoms with Crippen molar-refractivity contribution in [3.8, 4) is 78.4 Å². The molecule has 0 unspecified atom stereocenters. The topological polar surface area (TPSA) is 22.8 Å². The maximum atomic E-state index is 17.8. The highest BCUT2D eigenvalue weighted by molar-refractivity contribution is 6.13. The van der Waals surface area contributed by atoms with Crippen LogP contribution in [0.5, 0.6) is 0 Å². The first-order valence-electron chi connectivity index (χ1n) is 29.0. The van der Waals surface area contributed by atoms with Gasteiger partial charge >= 0.3 is 6.18 Å². The molecule has 84 heavy (non-hydrogen) atoms. The molecule has 3 heterocycles. The average Bonchev–Trinajstić information content (AvgIpc) is 1.92. The van der Waals surface area contributed by atoms with E-state index in [0.717, 1.165) is 138 Å². The van der Waals surface area contributed by atoms with E-state index in [9.17, 15) is 0 Å². The SMILES string of the molecule is Cc1cc(C)c(-c2ccc3c4ccc(-c5c(C)cc(C)cc5C)cc4n(-c4cc(-c5cccc(-c6ccccc6)n5)cc(-n5c6cc(-c7c(C)cc(C)cc7C)ccc6c6ccc(-c7c(C)cc(C)cc7C)cc65)c4C(F)(F)F)c3c2)c(C)c1. The monoisotopic (exact) mass is 1100 g/mol. The van der Waals surface area contributed by atoms with Gasteiger partial charge in [0.05, 0.1) is 44.8 Å². The number of hydrogen-bond donors (Lipinski definition) is 0. The first-order valence-corrected chi connectivity index (χ1v) is 29.0. The summed E-state index contributed by atoms with van der Waals surface area (Å²) in [6, 6.07) is 62.1. The molecule has 0 fully saturated rings. The second-order valence-electron chi connectivity index (χ2n) is 23.9. The van der Waals surface area contributed by atoms with Crippen LogP contribution in [0, 0.1) is 83.1 Å². The minimum atomic E-state index is -4.90. The third-order valence-electron chi connectivity index (χ3n) is 17.4. The van der Waals surface area contributed by atoms with Gasteiger partial charge in [-0.05, 0) is 221 Å². The first kappa shape index (κ1) is 54.0. The lowest BCUT2D eigenvalue weighted by Gasteiger charge is -2.24. The molecule has 0 atom stereocenters. The lowest BCUT2D eigenvalue weighted by atomic mass is 9.92. The molecule has 0 radical (unpaired) electrons. The zero-order valence-corrected chi connectivity index (χ0v) is 49.8. The number of alkyl halides is 3. The minimum Gasteiger partial charge on any atom is -0.308 e.